The highest BCUT2D eigenvalue weighted by atomic mass is 19.1. The van der Waals surface area contributed by atoms with Crippen molar-refractivity contribution in [2.24, 2.45) is 0 Å². The Labute approximate surface area is 125 Å². The number of carboxylic acids is 1. The van der Waals surface area contributed by atoms with Gasteiger partial charge < -0.3 is 5.11 Å². The van der Waals surface area contributed by atoms with Crippen LogP contribution in [0.4, 0.5) is 4.39 Å². The molecular weight excluding hydrogens is 285 g/mol. The van der Waals surface area contributed by atoms with Crippen LogP contribution in [0.2, 0.25) is 0 Å². The van der Waals surface area contributed by atoms with Crippen LogP contribution in [0.1, 0.15) is 15.9 Å². The lowest BCUT2D eigenvalue weighted by Gasteiger charge is -2.02. The fraction of sp³-hybridized carbons (Fsp3) is 0.0625. The highest BCUT2D eigenvalue weighted by molar-refractivity contribution is 5.89. The van der Waals surface area contributed by atoms with E-state index in [2.05, 4.69) is 10.3 Å². The van der Waals surface area contributed by atoms with Gasteiger partial charge in [-0.15, -0.1) is 5.10 Å². The number of aryl methyl sites for hydroxylation is 1. The van der Waals surface area contributed by atoms with Gasteiger partial charge in [0.05, 0.1) is 11.8 Å². The van der Waals surface area contributed by atoms with Gasteiger partial charge in [-0.2, -0.15) is 0 Å². The Balaban J connectivity index is 2.00. The molecule has 0 saturated heterocycles. The second-order valence-electron chi connectivity index (χ2n) is 4.89. The Morgan fingerprint density at radius 3 is 2.77 bits per heavy atom. The average molecular weight is 297 g/mol. The molecule has 0 bridgehead atoms. The third kappa shape index (κ3) is 2.58. The number of halogens is 1. The van der Waals surface area contributed by atoms with Crippen molar-refractivity contribution >= 4 is 5.97 Å². The van der Waals surface area contributed by atoms with E-state index in [1.54, 1.807) is 37.4 Å². The predicted octanol–water partition coefficient (Wildman–Crippen LogP) is 3.08. The largest absolute Gasteiger partial charge is 0.478 e. The van der Waals surface area contributed by atoms with Crippen LogP contribution in [0, 0.1) is 12.7 Å². The fourth-order valence-corrected chi connectivity index (χ4v) is 2.12. The van der Waals surface area contributed by atoms with Crippen LogP contribution in [-0.2, 0) is 0 Å². The highest BCUT2D eigenvalue weighted by Gasteiger charge is 2.11. The minimum Gasteiger partial charge on any atom is -0.478 e. The van der Waals surface area contributed by atoms with Gasteiger partial charge in [0, 0.05) is 5.56 Å². The molecule has 0 aliphatic rings. The SMILES string of the molecule is Cc1ccc(-n2cc(-c3cccc(C(=O)O)c3)nn2)c(F)c1. The summed E-state index contributed by atoms with van der Waals surface area (Å²) in [6.07, 6.45) is 1.56. The number of carbonyl (C=O) groups is 1. The Bertz CT molecular complexity index is 858. The molecule has 0 amide bonds. The van der Waals surface area contributed by atoms with E-state index in [9.17, 15) is 9.18 Å². The van der Waals surface area contributed by atoms with Crippen LogP contribution in [-0.4, -0.2) is 26.1 Å². The molecule has 0 unspecified atom stereocenters. The summed E-state index contributed by atoms with van der Waals surface area (Å²) in [7, 11) is 0. The van der Waals surface area contributed by atoms with E-state index < -0.39 is 11.8 Å². The second kappa shape index (κ2) is 5.40. The van der Waals surface area contributed by atoms with Gasteiger partial charge in [-0.3, -0.25) is 0 Å². The molecular formula is C16H12FN3O2. The molecule has 2 aromatic carbocycles. The zero-order valence-corrected chi connectivity index (χ0v) is 11.7. The van der Waals surface area contributed by atoms with Crippen LogP contribution < -0.4 is 0 Å². The molecule has 3 aromatic rings. The third-order valence-electron chi connectivity index (χ3n) is 3.25. The first-order valence-corrected chi connectivity index (χ1v) is 6.57. The highest BCUT2D eigenvalue weighted by Crippen LogP contribution is 2.20. The van der Waals surface area contributed by atoms with E-state index in [0.29, 0.717) is 16.9 Å². The summed E-state index contributed by atoms with van der Waals surface area (Å²) in [5.74, 6) is -1.41. The predicted molar refractivity (Wildman–Crippen MR) is 78.4 cm³/mol. The normalized spacial score (nSPS) is 10.6. The van der Waals surface area contributed by atoms with E-state index in [0.717, 1.165) is 5.56 Å². The summed E-state index contributed by atoms with van der Waals surface area (Å²) >= 11 is 0. The molecule has 22 heavy (non-hydrogen) atoms. The molecule has 3 rings (SSSR count). The van der Waals surface area contributed by atoms with Gasteiger partial charge in [0.15, 0.2) is 0 Å². The minimum atomic E-state index is -1.01. The molecule has 0 radical (unpaired) electrons. The fourth-order valence-electron chi connectivity index (χ4n) is 2.12. The number of benzene rings is 2. The monoisotopic (exact) mass is 297 g/mol. The average Bonchev–Trinajstić information content (AvgIpc) is 2.97. The first kappa shape index (κ1) is 13.9. The number of rotatable bonds is 3. The molecule has 1 aromatic heterocycles. The molecule has 6 heteroatoms. The molecule has 1 N–H and O–H groups in total. The standard InChI is InChI=1S/C16H12FN3O2/c1-10-5-6-15(13(17)7-10)20-9-14(18-19-20)11-3-2-4-12(8-11)16(21)22/h2-9H,1H3,(H,21,22). The van der Waals surface area contributed by atoms with Crippen LogP contribution in [0.15, 0.2) is 48.7 Å². The maximum Gasteiger partial charge on any atom is 0.335 e. The van der Waals surface area contributed by atoms with Crippen molar-refractivity contribution in [2.75, 3.05) is 0 Å². The summed E-state index contributed by atoms with van der Waals surface area (Å²) in [5, 5.41) is 16.9. The van der Waals surface area contributed by atoms with E-state index in [1.165, 1.54) is 22.9 Å². The molecule has 0 aliphatic heterocycles. The van der Waals surface area contributed by atoms with E-state index in [4.69, 9.17) is 5.11 Å². The summed E-state index contributed by atoms with van der Waals surface area (Å²) in [5.41, 5.74) is 2.35. The summed E-state index contributed by atoms with van der Waals surface area (Å²) in [4.78, 5) is 11.0. The van der Waals surface area contributed by atoms with E-state index in [1.807, 2.05) is 0 Å². The van der Waals surface area contributed by atoms with Gasteiger partial charge in [0.25, 0.3) is 0 Å². The molecule has 110 valence electrons. The van der Waals surface area contributed by atoms with Gasteiger partial charge in [0.2, 0.25) is 0 Å². The summed E-state index contributed by atoms with van der Waals surface area (Å²) in [6, 6.07) is 11.2. The summed E-state index contributed by atoms with van der Waals surface area (Å²) in [6.45, 7) is 1.80. The van der Waals surface area contributed by atoms with Crippen molar-refractivity contribution in [3.8, 4) is 16.9 Å². The van der Waals surface area contributed by atoms with E-state index in [-0.39, 0.29) is 5.56 Å². The van der Waals surface area contributed by atoms with Crippen molar-refractivity contribution in [1.29, 1.82) is 0 Å². The van der Waals surface area contributed by atoms with Crippen molar-refractivity contribution in [3.63, 3.8) is 0 Å². The quantitative estimate of drug-likeness (QED) is 0.806. The number of carboxylic acid groups (broad SMARTS) is 1. The van der Waals surface area contributed by atoms with Crippen molar-refractivity contribution < 1.29 is 14.3 Å². The third-order valence-corrected chi connectivity index (χ3v) is 3.25. The maximum atomic E-state index is 14.0. The number of nitrogens with zero attached hydrogens (tertiary/aromatic N) is 3. The number of hydrogen-bond donors (Lipinski definition) is 1. The maximum absolute atomic E-state index is 14.0. The molecule has 1 heterocycles. The summed E-state index contributed by atoms with van der Waals surface area (Å²) < 4.78 is 15.3. The first-order chi connectivity index (χ1) is 10.5. The molecule has 5 nitrogen and oxygen atoms in total. The van der Waals surface area contributed by atoms with Crippen LogP contribution in [0.5, 0.6) is 0 Å². The molecule has 0 fully saturated rings. The van der Waals surface area contributed by atoms with Gasteiger partial charge in [-0.05, 0) is 36.8 Å². The van der Waals surface area contributed by atoms with Crippen molar-refractivity contribution in [3.05, 3.63) is 65.6 Å². The zero-order chi connectivity index (χ0) is 15.7. The molecule has 0 atom stereocenters. The molecule has 0 aliphatic carbocycles. The lowest BCUT2D eigenvalue weighted by atomic mass is 10.1. The number of aromatic nitrogens is 3. The Morgan fingerprint density at radius 2 is 2.05 bits per heavy atom. The Hall–Kier alpha value is -3.02. The van der Waals surface area contributed by atoms with E-state index >= 15 is 0 Å². The molecule has 0 spiro atoms. The molecule has 0 saturated carbocycles. The Morgan fingerprint density at radius 1 is 1.23 bits per heavy atom. The lowest BCUT2D eigenvalue weighted by molar-refractivity contribution is 0.0697. The first-order valence-electron chi connectivity index (χ1n) is 6.57. The lowest BCUT2D eigenvalue weighted by Crippen LogP contribution is -1.98. The van der Waals surface area contributed by atoms with Gasteiger partial charge in [-0.1, -0.05) is 23.4 Å². The smallest absolute Gasteiger partial charge is 0.335 e. The second-order valence-corrected chi connectivity index (χ2v) is 4.89. The van der Waals surface area contributed by atoms with Gasteiger partial charge >= 0.3 is 5.97 Å². The van der Waals surface area contributed by atoms with Gasteiger partial charge in [-0.25, -0.2) is 13.9 Å². The minimum absolute atomic E-state index is 0.161. The van der Waals surface area contributed by atoms with Gasteiger partial charge in [0.1, 0.15) is 17.2 Å². The van der Waals surface area contributed by atoms with Crippen LogP contribution in [0.25, 0.3) is 16.9 Å². The topological polar surface area (TPSA) is 68.0 Å². The van der Waals surface area contributed by atoms with Crippen LogP contribution in [0.3, 0.4) is 0 Å². The van der Waals surface area contributed by atoms with Crippen LogP contribution >= 0.6 is 0 Å². The number of aromatic carboxylic acids is 1. The van der Waals surface area contributed by atoms with Crippen molar-refractivity contribution in [1.82, 2.24) is 15.0 Å². The zero-order valence-electron chi connectivity index (χ0n) is 11.7. The van der Waals surface area contributed by atoms with Crippen molar-refractivity contribution in [2.45, 2.75) is 6.92 Å². The Kier molecular flexibility index (Phi) is 3.42. The number of hydrogen-bond acceptors (Lipinski definition) is 3.